The predicted molar refractivity (Wildman–Crippen MR) is 67.4 cm³/mol. The van der Waals surface area contributed by atoms with E-state index in [2.05, 4.69) is 22.9 Å². The molecule has 0 spiro atoms. The van der Waals surface area contributed by atoms with E-state index < -0.39 is 0 Å². The third kappa shape index (κ3) is 2.97. The molecule has 0 bridgehead atoms. The van der Waals surface area contributed by atoms with Gasteiger partial charge in [-0.25, -0.2) is 0 Å². The van der Waals surface area contributed by atoms with Gasteiger partial charge in [0.2, 0.25) is 0 Å². The van der Waals surface area contributed by atoms with E-state index in [0.29, 0.717) is 0 Å². The van der Waals surface area contributed by atoms with Gasteiger partial charge in [-0.2, -0.15) is 0 Å². The van der Waals surface area contributed by atoms with Crippen molar-refractivity contribution >= 4 is 15.9 Å². The van der Waals surface area contributed by atoms with Gasteiger partial charge in [-0.15, -0.1) is 0 Å². The highest BCUT2D eigenvalue weighted by atomic mass is 79.9. The molecular weight excluding hydrogens is 252 g/mol. The van der Waals surface area contributed by atoms with Crippen LogP contribution >= 0.6 is 15.9 Å². The molecule has 88 valence electrons. The van der Waals surface area contributed by atoms with Crippen molar-refractivity contribution in [1.82, 2.24) is 0 Å². The molecule has 1 saturated carbocycles. The van der Waals surface area contributed by atoms with Crippen molar-refractivity contribution in [2.75, 3.05) is 13.2 Å². The zero-order chi connectivity index (χ0) is 10.7. The van der Waals surface area contributed by atoms with Crippen LogP contribution in [0.3, 0.4) is 0 Å². The molecule has 0 aromatic carbocycles. The second kappa shape index (κ2) is 5.67. The van der Waals surface area contributed by atoms with Crippen LogP contribution in [0.4, 0.5) is 0 Å². The van der Waals surface area contributed by atoms with Crippen molar-refractivity contribution in [3.8, 4) is 0 Å². The summed E-state index contributed by atoms with van der Waals surface area (Å²) in [5.74, 6) is 2.91. The molecule has 2 aliphatic rings. The Kier molecular flexibility index (Phi) is 4.51. The highest BCUT2D eigenvalue weighted by molar-refractivity contribution is 9.09. The fourth-order valence-electron chi connectivity index (χ4n) is 3.44. The number of rotatable bonds is 2. The summed E-state index contributed by atoms with van der Waals surface area (Å²) >= 11 is 3.82. The Morgan fingerprint density at radius 2 is 1.87 bits per heavy atom. The predicted octanol–water partition coefficient (Wildman–Crippen LogP) is 4.00. The van der Waals surface area contributed by atoms with Crippen molar-refractivity contribution in [1.29, 1.82) is 0 Å². The molecule has 1 aliphatic heterocycles. The Labute approximate surface area is 102 Å². The number of hydrogen-bond donors (Lipinski definition) is 0. The first-order chi connectivity index (χ1) is 7.31. The standard InChI is InChI=1S/C13H23BrO/c1-2-10-3-4-12(14)9-13(10)11-5-7-15-8-6-11/h10-13H,2-9H2,1H3. The van der Waals surface area contributed by atoms with Crippen molar-refractivity contribution in [2.24, 2.45) is 17.8 Å². The highest BCUT2D eigenvalue weighted by Gasteiger charge is 2.34. The lowest BCUT2D eigenvalue weighted by Gasteiger charge is -2.40. The smallest absolute Gasteiger partial charge is 0.0468 e. The molecule has 1 aliphatic carbocycles. The van der Waals surface area contributed by atoms with Crippen LogP contribution < -0.4 is 0 Å². The maximum atomic E-state index is 5.47. The SMILES string of the molecule is CCC1CCC(Br)CC1C1CCOCC1. The summed E-state index contributed by atoms with van der Waals surface area (Å²) in [4.78, 5) is 0.785. The van der Waals surface area contributed by atoms with Gasteiger partial charge < -0.3 is 4.74 Å². The second-order valence-electron chi connectivity index (χ2n) is 5.19. The monoisotopic (exact) mass is 274 g/mol. The van der Waals surface area contributed by atoms with Crippen molar-refractivity contribution < 1.29 is 4.74 Å². The Hall–Kier alpha value is 0.440. The molecule has 1 heterocycles. The van der Waals surface area contributed by atoms with Crippen molar-refractivity contribution in [3.05, 3.63) is 0 Å². The van der Waals surface area contributed by atoms with Gasteiger partial charge in [-0.3, -0.25) is 0 Å². The molecule has 2 rings (SSSR count). The van der Waals surface area contributed by atoms with E-state index in [4.69, 9.17) is 4.74 Å². The fourth-order valence-corrected chi connectivity index (χ4v) is 4.14. The summed E-state index contributed by atoms with van der Waals surface area (Å²) in [5.41, 5.74) is 0. The zero-order valence-corrected chi connectivity index (χ0v) is 11.3. The topological polar surface area (TPSA) is 9.23 Å². The van der Waals surface area contributed by atoms with E-state index in [1.807, 2.05) is 0 Å². The molecule has 0 aromatic heterocycles. The van der Waals surface area contributed by atoms with Crippen LogP contribution in [0, 0.1) is 17.8 Å². The number of hydrogen-bond acceptors (Lipinski definition) is 1. The number of halogens is 1. The van der Waals surface area contributed by atoms with E-state index in [1.54, 1.807) is 0 Å². The van der Waals surface area contributed by atoms with E-state index in [-0.39, 0.29) is 0 Å². The van der Waals surface area contributed by atoms with Crippen LogP contribution in [0.1, 0.15) is 45.4 Å². The fraction of sp³-hybridized carbons (Fsp3) is 1.00. The largest absolute Gasteiger partial charge is 0.381 e. The van der Waals surface area contributed by atoms with Gasteiger partial charge in [-0.05, 0) is 49.9 Å². The van der Waals surface area contributed by atoms with Gasteiger partial charge in [0, 0.05) is 18.0 Å². The first-order valence-electron chi connectivity index (χ1n) is 6.53. The van der Waals surface area contributed by atoms with E-state index in [9.17, 15) is 0 Å². The molecule has 0 N–H and O–H groups in total. The summed E-state index contributed by atoms with van der Waals surface area (Å²) in [6.07, 6.45) is 8.22. The lowest BCUT2D eigenvalue weighted by atomic mass is 9.69. The van der Waals surface area contributed by atoms with E-state index in [0.717, 1.165) is 35.8 Å². The summed E-state index contributed by atoms with van der Waals surface area (Å²) in [6.45, 7) is 4.38. The van der Waals surface area contributed by atoms with Crippen LogP contribution in [-0.4, -0.2) is 18.0 Å². The highest BCUT2D eigenvalue weighted by Crippen LogP contribution is 2.42. The average molecular weight is 275 g/mol. The molecule has 1 nitrogen and oxygen atoms in total. The molecule has 0 aromatic rings. The van der Waals surface area contributed by atoms with Gasteiger partial charge in [0.25, 0.3) is 0 Å². The van der Waals surface area contributed by atoms with E-state index >= 15 is 0 Å². The minimum absolute atomic E-state index is 0.785. The Balaban J connectivity index is 1.95. The third-order valence-corrected chi connectivity index (χ3v) is 5.21. The van der Waals surface area contributed by atoms with Crippen molar-refractivity contribution in [2.45, 2.75) is 50.3 Å². The number of ether oxygens (including phenoxy) is 1. The van der Waals surface area contributed by atoms with Gasteiger partial charge in [0.15, 0.2) is 0 Å². The van der Waals surface area contributed by atoms with Gasteiger partial charge in [0.05, 0.1) is 0 Å². The average Bonchev–Trinajstić information content (AvgIpc) is 2.30. The maximum absolute atomic E-state index is 5.47. The lowest BCUT2D eigenvalue weighted by molar-refractivity contribution is 0.0237. The van der Waals surface area contributed by atoms with E-state index in [1.165, 1.54) is 38.5 Å². The van der Waals surface area contributed by atoms with Crippen LogP contribution in [-0.2, 0) is 4.74 Å². The lowest BCUT2D eigenvalue weighted by Crippen LogP contribution is -2.33. The number of alkyl halides is 1. The van der Waals surface area contributed by atoms with Gasteiger partial charge >= 0.3 is 0 Å². The van der Waals surface area contributed by atoms with Crippen molar-refractivity contribution in [3.63, 3.8) is 0 Å². The Morgan fingerprint density at radius 3 is 2.53 bits per heavy atom. The van der Waals surface area contributed by atoms with Crippen LogP contribution in [0.15, 0.2) is 0 Å². The van der Waals surface area contributed by atoms with Crippen LogP contribution in [0.2, 0.25) is 0 Å². The summed E-state index contributed by atoms with van der Waals surface area (Å²) in [5, 5.41) is 0. The van der Waals surface area contributed by atoms with Crippen LogP contribution in [0.5, 0.6) is 0 Å². The Bertz CT molecular complexity index is 189. The first kappa shape index (κ1) is 11.9. The minimum atomic E-state index is 0.785. The zero-order valence-electron chi connectivity index (χ0n) is 9.75. The molecule has 2 heteroatoms. The van der Waals surface area contributed by atoms with Gasteiger partial charge in [-0.1, -0.05) is 29.3 Å². The third-order valence-electron chi connectivity index (χ3n) is 4.38. The molecule has 1 saturated heterocycles. The summed E-state index contributed by atoms with van der Waals surface area (Å²) in [6, 6.07) is 0. The maximum Gasteiger partial charge on any atom is 0.0468 e. The minimum Gasteiger partial charge on any atom is -0.381 e. The quantitative estimate of drug-likeness (QED) is 0.692. The Morgan fingerprint density at radius 1 is 1.13 bits per heavy atom. The molecule has 2 fully saturated rings. The molecule has 0 radical (unpaired) electrons. The first-order valence-corrected chi connectivity index (χ1v) is 7.44. The second-order valence-corrected chi connectivity index (χ2v) is 6.49. The van der Waals surface area contributed by atoms with Crippen LogP contribution in [0.25, 0.3) is 0 Å². The molecule has 0 amide bonds. The molecule has 3 unspecified atom stereocenters. The molecule has 15 heavy (non-hydrogen) atoms. The summed E-state index contributed by atoms with van der Waals surface area (Å²) < 4.78 is 5.47. The molecular formula is C13H23BrO. The molecule has 3 atom stereocenters. The summed E-state index contributed by atoms with van der Waals surface area (Å²) in [7, 11) is 0. The van der Waals surface area contributed by atoms with Gasteiger partial charge in [0.1, 0.15) is 0 Å². The normalized spacial score (nSPS) is 39.2.